The molecule has 2 rings (SSSR count). The number of rotatable bonds is 8. The van der Waals surface area contributed by atoms with E-state index in [9.17, 15) is 13.2 Å². The number of methoxy groups -OCH3 is 3. The molecule has 0 saturated carbocycles. The molecule has 150 valence electrons. The minimum atomic E-state index is -3.54. The van der Waals surface area contributed by atoms with Crippen molar-refractivity contribution < 1.29 is 27.4 Å². The molecule has 7 nitrogen and oxygen atoms in total. The van der Waals surface area contributed by atoms with Gasteiger partial charge in [-0.15, -0.1) is 0 Å². The van der Waals surface area contributed by atoms with E-state index in [0.29, 0.717) is 28.4 Å². The standard InChI is InChI=1S/C20H23NO6S/c1-21(2)28(23,24)16-9-6-14(7-10-16)17(22)11-8-15-12-19(26-4)20(27-5)13-18(15)25-3/h6-13H,1-5H3/b11-8+. The molecule has 0 saturated heterocycles. The van der Waals surface area contributed by atoms with Crippen molar-refractivity contribution in [1.29, 1.82) is 0 Å². The summed E-state index contributed by atoms with van der Waals surface area (Å²) in [7, 11) is 3.93. The van der Waals surface area contributed by atoms with E-state index in [4.69, 9.17) is 14.2 Å². The second-order valence-corrected chi connectivity index (χ2v) is 8.11. The van der Waals surface area contributed by atoms with E-state index in [-0.39, 0.29) is 10.7 Å². The number of carbonyl (C=O) groups excluding carboxylic acids is 1. The summed E-state index contributed by atoms with van der Waals surface area (Å²) in [6.07, 6.45) is 2.99. The van der Waals surface area contributed by atoms with E-state index in [0.717, 1.165) is 4.31 Å². The van der Waals surface area contributed by atoms with E-state index in [2.05, 4.69) is 0 Å². The molecule has 0 heterocycles. The minimum absolute atomic E-state index is 0.125. The van der Waals surface area contributed by atoms with Crippen LogP contribution in [0.2, 0.25) is 0 Å². The molecule has 8 heteroatoms. The van der Waals surface area contributed by atoms with Gasteiger partial charge in [0.25, 0.3) is 0 Å². The first-order chi connectivity index (χ1) is 13.2. The summed E-state index contributed by atoms with van der Waals surface area (Å²) in [4.78, 5) is 12.6. The van der Waals surface area contributed by atoms with Crippen molar-refractivity contribution in [2.24, 2.45) is 0 Å². The number of hydrogen-bond acceptors (Lipinski definition) is 6. The number of nitrogens with zero attached hydrogens (tertiary/aromatic N) is 1. The number of hydrogen-bond donors (Lipinski definition) is 0. The summed E-state index contributed by atoms with van der Waals surface area (Å²) in [5.74, 6) is 1.27. The van der Waals surface area contributed by atoms with Crippen molar-refractivity contribution >= 4 is 21.9 Å². The van der Waals surface area contributed by atoms with Gasteiger partial charge in [0, 0.05) is 31.3 Å². The van der Waals surface area contributed by atoms with Crippen LogP contribution in [0, 0.1) is 0 Å². The molecule has 0 aliphatic rings. The minimum Gasteiger partial charge on any atom is -0.496 e. The van der Waals surface area contributed by atoms with Gasteiger partial charge in [-0.1, -0.05) is 0 Å². The molecule has 0 fully saturated rings. The zero-order valence-corrected chi connectivity index (χ0v) is 17.2. The number of allylic oxidation sites excluding steroid dienone is 1. The maximum atomic E-state index is 12.4. The predicted molar refractivity (Wildman–Crippen MR) is 107 cm³/mol. The molecular formula is C20H23NO6S. The normalized spacial score (nSPS) is 11.6. The lowest BCUT2D eigenvalue weighted by Crippen LogP contribution is -2.22. The van der Waals surface area contributed by atoms with Crippen LogP contribution in [0.15, 0.2) is 47.4 Å². The molecule has 2 aromatic carbocycles. The van der Waals surface area contributed by atoms with Crippen LogP contribution in [0.3, 0.4) is 0 Å². The van der Waals surface area contributed by atoms with Crippen molar-refractivity contribution in [3.63, 3.8) is 0 Å². The molecule has 0 aromatic heterocycles. The molecule has 0 aliphatic heterocycles. The molecule has 0 bridgehead atoms. The molecule has 0 aliphatic carbocycles. The van der Waals surface area contributed by atoms with Gasteiger partial charge in [-0.25, -0.2) is 12.7 Å². The number of ketones is 1. The highest BCUT2D eigenvalue weighted by atomic mass is 32.2. The molecule has 0 radical (unpaired) electrons. The van der Waals surface area contributed by atoms with Gasteiger partial charge < -0.3 is 14.2 Å². The van der Waals surface area contributed by atoms with Crippen molar-refractivity contribution in [1.82, 2.24) is 4.31 Å². The number of carbonyl (C=O) groups is 1. The molecule has 0 amide bonds. The SMILES string of the molecule is COc1cc(OC)c(OC)cc1/C=C/C(=O)c1ccc(S(=O)(=O)N(C)C)cc1. The van der Waals surface area contributed by atoms with Gasteiger partial charge in [0.2, 0.25) is 10.0 Å². The van der Waals surface area contributed by atoms with Crippen LogP contribution >= 0.6 is 0 Å². The van der Waals surface area contributed by atoms with Gasteiger partial charge in [0.1, 0.15) is 5.75 Å². The van der Waals surface area contributed by atoms with Crippen LogP contribution in [0.4, 0.5) is 0 Å². The lowest BCUT2D eigenvalue weighted by Gasteiger charge is -2.12. The van der Waals surface area contributed by atoms with Crippen LogP contribution in [-0.4, -0.2) is 53.9 Å². The molecule has 28 heavy (non-hydrogen) atoms. The third-order valence-electron chi connectivity index (χ3n) is 4.07. The highest BCUT2D eigenvalue weighted by molar-refractivity contribution is 7.89. The fourth-order valence-electron chi connectivity index (χ4n) is 2.45. The summed E-state index contributed by atoms with van der Waals surface area (Å²) < 4.78 is 41.2. The predicted octanol–water partition coefficient (Wildman–Crippen LogP) is 2.86. The Labute approximate surface area is 165 Å². The lowest BCUT2D eigenvalue weighted by atomic mass is 10.1. The van der Waals surface area contributed by atoms with Crippen LogP contribution in [0.1, 0.15) is 15.9 Å². The quantitative estimate of drug-likeness (QED) is 0.496. The van der Waals surface area contributed by atoms with Crippen molar-refractivity contribution in [3.8, 4) is 17.2 Å². The summed E-state index contributed by atoms with van der Waals surface area (Å²) >= 11 is 0. The zero-order valence-electron chi connectivity index (χ0n) is 16.4. The van der Waals surface area contributed by atoms with E-state index < -0.39 is 10.0 Å². The van der Waals surface area contributed by atoms with E-state index in [1.807, 2.05) is 0 Å². The van der Waals surface area contributed by atoms with E-state index in [1.54, 1.807) is 18.2 Å². The summed E-state index contributed by atoms with van der Waals surface area (Å²) in [6.45, 7) is 0. The Morgan fingerprint density at radius 1 is 0.893 bits per heavy atom. The van der Waals surface area contributed by atoms with Crippen LogP contribution in [0.25, 0.3) is 6.08 Å². The highest BCUT2D eigenvalue weighted by Gasteiger charge is 2.17. The topological polar surface area (TPSA) is 82.1 Å². The number of sulfonamides is 1. The summed E-state index contributed by atoms with van der Waals surface area (Å²) in [5, 5.41) is 0. The maximum absolute atomic E-state index is 12.4. The van der Waals surface area contributed by atoms with Crippen LogP contribution in [0.5, 0.6) is 17.2 Å². The monoisotopic (exact) mass is 405 g/mol. The van der Waals surface area contributed by atoms with Crippen LogP contribution < -0.4 is 14.2 Å². The number of benzene rings is 2. The second kappa shape index (κ2) is 8.90. The van der Waals surface area contributed by atoms with Crippen molar-refractivity contribution in [2.45, 2.75) is 4.90 Å². The summed E-state index contributed by atoms with van der Waals surface area (Å²) in [6, 6.07) is 9.16. The third kappa shape index (κ3) is 4.52. The molecule has 0 unspecified atom stereocenters. The van der Waals surface area contributed by atoms with Crippen molar-refractivity contribution in [3.05, 3.63) is 53.6 Å². The maximum Gasteiger partial charge on any atom is 0.242 e. The first-order valence-electron chi connectivity index (χ1n) is 8.29. The molecule has 0 N–H and O–H groups in total. The smallest absolute Gasteiger partial charge is 0.242 e. The molecule has 0 atom stereocenters. The van der Waals surface area contributed by atoms with Gasteiger partial charge in [-0.2, -0.15) is 0 Å². The average molecular weight is 405 g/mol. The largest absolute Gasteiger partial charge is 0.496 e. The van der Waals surface area contributed by atoms with E-state index >= 15 is 0 Å². The first kappa shape index (κ1) is 21.5. The zero-order chi connectivity index (χ0) is 20.9. The first-order valence-corrected chi connectivity index (χ1v) is 9.73. The van der Waals surface area contributed by atoms with Gasteiger partial charge in [-0.05, 0) is 42.5 Å². The molecule has 0 spiro atoms. The Morgan fingerprint density at radius 2 is 1.43 bits per heavy atom. The Morgan fingerprint density at radius 3 is 1.93 bits per heavy atom. The average Bonchev–Trinajstić information content (AvgIpc) is 2.71. The molecule has 2 aromatic rings. The Kier molecular flexibility index (Phi) is 6.82. The Bertz CT molecular complexity index is 979. The fraction of sp³-hybridized carbons (Fsp3) is 0.250. The summed E-state index contributed by atoms with van der Waals surface area (Å²) in [5.41, 5.74) is 1.01. The van der Waals surface area contributed by atoms with Crippen LogP contribution in [-0.2, 0) is 10.0 Å². The lowest BCUT2D eigenvalue weighted by molar-refractivity contribution is 0.104. The second-order valence-electron chi connectivity index (χ2n) is 5.96. The Hall–Kier alpha value is -2.84. The van der Waals surface area contributed by atoms with Gasteiger partial charge >= 0.3 is 0 Å². The highest BCUT2D eigenvalue weighted by Crippen LogP contribution is 2.35. The van der Waals surface area contributed by atoms with Gasteiger partial charge in [-0.3, -0.25) is 4.79 Å². The fourth-order valence-corrected chi connectivity index (χ4v) is 3.35. The third-order valence-corrected chi connectivity index (χ3v) is 5.90. The van der Waals surface area contributed by atoms with E-state index in [1.165, 1.54) is 65.8 Å². The molecular weight excluding hydrogens is 382 g/mol. The Balaban J connectivity index is 2.29. The van der Waals surface area contributed by atoms with Gasteiger partial charge in [0.15, 0.2) is 17.3 Å². The van der Waals surface area contributed by atoms with Crippen molar-refractivity contribution in [2.75, 3.05) is 35.4 Å². The number of ether oxygens (including phenoxy) is 3. The van der Waals surface area contributed by atoms with Gasteiger partial charge in [0.05, 0.1) is 26.2 Å².